The molecule has 1 heterocycles. The van der Waals surface area contributed by atoms with Crippen molar-refractivity contribution in [2.75, 3.05) is 26.2 Å². The molecule has 0 radical (unpaired) electrons. The fourth-order valence-electron chi connectivity index (χ4n) is 5.05. The molecule has 0 saturated carbocycles. The van der Waals surface area contributed by atoms with E-state index in [9.17, 15) is 9.90 Å². The minimum atomic E-state index is -1.46. The van der Waals surface area contributed by atoms with Gasteiger partial charge in [0.15, 0.2) is 5.60 Å². The van der Waals surface area contributed by atoms with Crippen LogP contribution in [0.15, 0.2) is 91.0 Å². The lowest BCUT2D eigenvalue weighted by Crippen LogP contribution is -2.55. The fourth-order valence-corrected chi connectivity index (χ4v) is 5.05. The Morgan fingerprint density at radius 2 is 1.29 bits per heavy atom. The van der Waals surface area contributed by atoms with Gasteiger partial charge < -0.3 is 10.0 Å². The zero-order valence-electron chi connectivity index (χ0n) is 20.1. The Morgan fingerprint density at radius 3 is 1.79 bits per heavy atom. The standard InChI is InChI=1S/C30H36N2O2/c1-2-3-13-20-30(34,27-18-11-6-12-19-27)29(33)32-23-21-31(22-24-32)28(25-14-7-4-8-15-25)26-16-9-5-10-17-26/h4-12,14-19,28,34H,2-3,13,20-24H2,1H3. The third kappa shape index (κ3) is 5.40. The Balaban J connectivity index is 1.51. The van der Waals surface area contributed by atoms with Crippen molar-refractivity contribution in [1.82, 2.24) is 9.80 Å². The lowest BCUT2D eigenvalue weighted by atomic mass is 9.86. The SMILES string of the molecule is CCCCCC(O)(C(=O)N1CCN(C(c2ccccc2)c2ccccc2)CC1)c1ccccc1. The lowest BCUT2D eigenvalue weighted by molar-refractivity contribution is -0.155. The van der Waals surface area contributed by atoms with Crippen molar-refractivity contribution in [2.24, 2.45) is 0 Å². The molecule has 1 fully saturated rings. The predicted molar refractivity (Wildman–Crippen MR) is 137 cm³/mol. The molecule has 0 aliphatic carbocycles. The molecule has 1 aliphatic rings. The topological polar surface area (TPSA) is 43.8 Å². The first-order chi connectivity index (χ1) is 16.6. The summed E-state index contributed by atoms with van der Waals surface area (Å²) in [5.74, 6) is -0.162. The highest BCUT2D eigenvalue weighted by molar-refractivity contribution is 5.86. The van der Waals surface area contributed by atoms with Gasteiger partial charge in [-0.05, 0) is 29.5 Å². The largest absolute Gasteiger partial charge is 0.375 e. The van der Waals surface area contributed by atoms with Gasteiger partial charge in [0.2, 0.25) is 0 Å². The summed E-state index contributed by atoms with van der Waals surface area (Å²) < 4.78 is 0. The number of carbonyl (C=O) groups excluding carboxylic acids is 1. The zero-order valence-corrected chi connectivity index (χ0v) is 20.1. The van der Waals surface area contributed by atoms with Crippen molar-refractivity contribution in [2.45, 2.75) is 44.2 Å². The van der Waals surface area contributed by atoms with E-state index in [4.69, 9.17) is 0 Å². The number of benzene rings is 3. The maximum absolute atomic E-state index is 13.7. The molecule has 0 aromatic heterocycles. The van der Waals surface area contributed by atoms with E-state index in [-0.39, 0.29) is 11.9 Å². The van der Waals surface area contributed by atoms with Crippen molar-refractivity contribution < 1.29 is 9.90 Å². The van der Waals surface area contributed by atoms with Gasteiger partial charge >= 0.3 is 0 Å². The van der Waals surface area contributed by atoms with Gasteiger partial charge in [-0.15, -0.1) is 0 Å². The van der Waals surface area contributed by atoms with Gasteiger partial charge in [-0.1, -0.05) is 111 Å². The Hall–Kier alpha value is -2.95. The van der Waals surface area contributed by atoms with Crippen LogP contribution in [0.4, 0.5) is 0 Å². The van der Waals surface area contributed by atoms with Gasteiger partial charge in [0, 0.05) is 26.2 Å². The van der Waals surface area contributed by atoms with Gasteiger partial charge in [0.25, 0.3) is 5.91 Å². The zero-order chi connectivity index (χ0) is 23.8. The summed E-state index contributed by atoms with van der Waals surface area (Å²) in [5.41, 5.74) is 1.75. The first-order valence-electron chi connectivity index (χ1n) is 12.5. The van der Waals surface area contributed by atoms with Crippen LogP contribution >= 0.6 is 0 Å². The van der Waals surface area contributed by atoms with Gasteiger partial charge in [-0.3, -0.25) is 9.69 Å². The quantitative estimate of drug-likeness (QED) is 0.439. The van der Waals surface area contributed by atoms with E-state index in [0.717, 1.165) is 32.4 Å². The normalized spacial score (nSPS) is 16.4. The molecule has 0 bridgehead atoms. The maximum atomic E-state index is 13.7. The smallest absolute Gasteiger partial charge is 0.259 e. The van der Waals surface area contributed by atoms with Crippen LogP contribution in [0.1, 0.15) is 55.3 Å². The molecule has 4 nitrogen and oxygen atoms in total. The van der Waals surface area contributed by atoms with Crippen LogP contribution < -0.4 is 0 Å². The molecule has 1 unspecified atom stereocenters. The van der Waals surface area contributed by atoms with Crippen LogP contribution in [-0.2, 0) is 10.4 Å². The van der Waals surface area contributed by atoms with Gasteiger partial charge in [0.05, 0.1) is 6.04 Å². The molecule has 1 amide bonds. The molecule has 3 aromatic rings. The highest BCUT2D eigenvalue weighted by Crippen LogP contribution is 2.33. The number of amides is 1. The van der Waals surface area contributed by atoms with E-state index in [1.807, 2.05) is 47.4 Å². The van der Waals surface area contributed by atoms with E-state index >= 15 is 0 Å². The molecule has 1 atom stereocenters. The van der Waals surface area contributed by atoms with Gasteiger partial charge in [-0.2, -0.15) is 0 Å². The average molecular weight is 457 g/mol. The van der Waals surface area contributed by atoms with Crippen molar-refractivity contribution >= 4 is 5.91 Å². The van der Waals surface area contributed by atoms with Crippen molar-refractivity contribution in [3.05, 3.63) is 108 Å². The Bertz CT molecular complexity index is 978. The molecule has 4 heteroatoms. The van der Waals surface area contributed by atoms with Crippen LogP contribution in [-0.4, -0.2) is 47.0 Å². The molecule has 0 spiro atoms. The van der Waals surface area contributed by atoms with Gasteiger partial charge in [-0.25, -0.2) is 0 Å². The molecule has 178 valence electrons. The molecule has 1 N–H and O–H groups in total. The second-order valence-corrected chi connectivity index (χ2v) is 9.24. The lowest BCUT2D eigenvalue weighted by Gasteiger charge is -2.42. The minimum absolute atomic E-state index is 0.150. The van der Waals surface area contributed by atoms with E-state index in [1.165, 1.54) is 11.1 Å². The van der Waals surface area contributed by atoms with E-state index in [1.54, 1.807) is 0 Å². The number of unbranched alkanes of at least 4 members (excludes halogenated alkanes) is 2. The summed E-state index contributed by atoms with van der Waals surface area (Å²) in [4.78, 5) is 18.0. The number of hydrogen-bond acceptors (Lipinski definition) is 3. The molecular formula is C30H36N2O2. The summed E-state index contributed by atoms with van der Waals surface area (Å²) in [6, 6.07) is 30.8. The first-order valence-corrected chi connectivity index (χ1v) is 12.5. The average Bonchev–Trinajstić information content (AvgIpc) is 2.91. The summed E-state index contributed by atoms with van der Waals surface area (Å²) in [6.07, 6.45) is 3.35. The third-order valence-corrected chi connectivity index (χ3v) is 6.94. The minimum Gasteiger partial charge on any atom is -0.375 e. The van der Waals surface area contributed by atoms with Crippen molar-refractivity contribution in [3.8, 4) is 0 Å². The number of nitrogens with zero attached hydrogens (tertiary/aromatic N) is 2. The second-order valence-electron chi connectivity index (χ2n) is 9.24. The second kappa shape index (κ2) is 11.5. The molecular weight excluding hydrogens is 420 g/mol. The van der Waals surface area contributed by atoms with Gasteiger partial charge in [0.1, 0.15) is 0 Å². The highest BCUT2D eigenvalue weighted by Gasteiger charge is 2.41. The monoisotopic (exact) mass is 456 g/mol. The summed E-state index contributed by atoms with van der Waals surface area (Å²) >= 11 is 0. The van der Waals surface area contributed by atoms with E-state index in [2.05, 4.69) is 60.4 Å². The summed E-state index contributed by atoms with van der Waals surface area (Å²) in [5, 5.41) is 11.7. The Kier molecular flexibility index (Phi) is 8.15. The summed E-state index contributed by atoms with van der Waals surface area (Å²) in [7, 11) is 0. The highest BCUT2D eigenvalue weighted by atomic mass is 16.3. The molecule has 1 saturated heterocycles. The fraction of sp³-hybridized carbons (Fsp3) is 0.367. The van der Waals surface area contributed by atoms with Crippen molar-refractivity contribution in [3.63, 3.8) is 0 Å². The number of rotatable bonds is 9. The summed E-state index contributed by atoms with van der Waals surface area (Å²) in [6.45, 7) is 4.88. The van der Waals surface area contributed by atoms with E-state index < -0.39 is 5.60 Å². The molecule has 1 aliphatic heterocycles. The Morgan fingerprint density at radius 1 is 0.794 bits per heavy atom. The molecule has 34 heavy (non-hydrogen) atoms. The van der Waals surface area contributed by atoms with Crippen LogP contribution in [0.25, 0.3) is 0 Å². The number of carbonyl (C=O) groups is 1. The number of piperazine rings is 1. The maximum Gasteiger partial charge on any atom is 0.259 e. The van der Waals surface area contributed by atoms with Crippen LogP contribution in [0.5, 0.6) is 0 Å². The van der Waals surface area contributed by atoms with E-state index in [0.29, 0.717) is 25.1 Å². The van der Waals surface area contributed by atoms with Crippen molar-refractivity contribution in [1.29, 1.82) is 0 Å². The van der Waals surface area contributed by atoms with Crippen LogP contribution in [0.2, 0.25) is 0 Å². The Labute approximate surface area is 203 Å². The molecule has 3 aromatic carbocycles. The van der Waals surface area contributed by atoms with Crippen LogP contribution in [0, 0.1) is 0 Å². The molecule has 4 rings (SSSR count). The third-order valence-electron chi connectivity index (χ3n) is 6.94. The van der Waals surface area contributed by atoms with Crippen LogP contribution in [0.3, 0.4) is 0 Å². The predicted octanol–water partition coefficient (Wildman–Crippen LogP) is 5.39. The number of hydrogen-bond donors (Lipinski definition) is 1. The number of aliphatic hydroxyl groups is 1. The first kappa shape index (κ1) is 24.2.